The van der Waals surface area contributed by atoms with E-state index in [4.69, 9.17) is 14.2 Å². The topological polar surface area (TPSA) is 132 Å². The third kappa shape index (κ3) is 9.19. The van der Waals surface area contributed by atoms with Gasteiger partial charge in [-0.1, -0.05) is 91.0 Å². The predicted molar refractivity (Wildman–Crippen MR) is 142 cm³/mol. The zero-order valence-corrected chi connectivity index (χ0v) is 21.7. The molecule has 204 valence electrons. The highest BCUT2D eigenvalue weighted by molar-refractivity contribution is 5.94. The molecule has 3 aromatic rings. The highest BCUT2D eigenvalue weighted by Gasteiger charge is 2.40. The fourth-order valence-corrected chi connectivity index (χ4v) is 3.56. The average molecular weight is 534 g/mol. The molecule has 0 saturated carbocycles. The van der Waals surface area contributed by atoms with Crippen LogP contribution in [0.3, 0.4) is 0 Å². The normalized spacial score (nSPS) is 11.4. The maximum Gasteiger partial charge on any atom is 0.409 e. The van der Waals surface area contributed by atoms with Crippen molar-refractivity contribution in [3.8, 4) is 0 Å². The van der Waals surface area contributed by atoms with E-state index < -0.39 is 35.8 Å². The summed E-state index contributed by atoms with van der Waals surface area (Å²) in [5.41, 5.74) is 0.162. The number of alkyl carbamates (subject to hydrolysis) is 2. The minimum absolute atomic E-state index is 0.0678. The number of hydrogen-bond acceptors (Lipinski definition) is 7. The van der Waals surface area contributed by atoms with Gasteiger partial charge in [0.15, 0.2) is 5.66 Å². The summed E-state index contributed by atoms with van der Waals surface area (Å²) in [6.45, 7) is 1.12. The lowest BCUT2D eigenvalue weighted by Gasteiger charge is -2.31. The van der Waals surface area contributed by atoms with Gasteiger partial charge in [-0.25, -0.2) is 14.4 Å². The molecule has 0 fully saturated rings. The molecule has 0 aliphatic rings. The molecule has 3 amide bonds. The maximum atomic E-state index is 13.4. The van der Waals surface area contributed by atoms with E-state index in [-0.39, 0.29) is 19.6 Å². The largest absolute Gasteiger partial charge is 0.467 e. The van der Waals surface area contributed by atoms with Gasteiger partial charge in [0.1, 0.15) is 19.3 Å². The Kier molecular flexibility index (Phi) is 10.4. The second kappa shape index (κ2) is 14.2. The van der Waals surface area contributed by atoms with Crippen molar-refractivity contribution in [2.75, 3.05) is 7.11 Å². The molecule has 39 heavy (non-hydrogen) atoms. The van der Waals surface area contributed by atoms with E-state index in [1.54, 1.807) is 72.8 Å². The highest BCUT2D eigenvalue weighted by Crippen LogP contribution is 2.10. The van der Waals surface area contributed by atoms with E-state index >= 15 is 0 Å². The first-order chi connectivity index (χ1) is 18.8. The quantitative estimate of drug-likeness (QED) is 0.195. The molecule has 3 aromatic carbocycles. The number of carbonyl (C=O) groups excluding carboxylic acids is 4. The Bertz CT molecular complexity index is 1180. The molecule has 0 spiro atoms. The van der Waals surface area contributed by atoms with Gasteiger partial charge in [-0.05, 0) is 23.6 Å². The molecule has 0 saturated heterocycles. The van der Waals surface area contributed by atoms with Gasteiger partial charge in [0.2, 0.25) is 0 Å². The Balaban J connectivity index is 1.74. The third-order valence-electron chi connectivity index (χ3n) is 5.66. The third-order valence-corrected chi connectivity index (χ3v) is 5.66. The van der Waals surface area contributed by atoms with Crippen molar-refractivity contribution in [3.63, 3.8) is 0 Å². The summed E-state index contributed by atoms with van der Waals surface area (Å²) in [7, 11) is 1.20. The summed E-state index contributed by atoms with van der Waals surface area (Å²) in [5.74, 6) is -1.59. The Labute approximate surface area is 226 Å². The second-order valence-corrected chi connectivity index (χ2v) is 8.74. The summed E-state index contributed by atoms with van der Waals surface area (Å²) in [4.78, 5) is 51.3. The fourth-order valence-electron chi connectivity index (χ4n) is 3.56. The Morgan fingerprint density at radius 1 is 0.692 bits per heavy atom. The van der Waals surface area contributed by atoms with Crippen molar-refractivity contribution in [2.24, 2.45) is 0 Å². The van der Waals surface area contributed by atoms with Crippen LogP contribution in [0.25, 0.3) is 0 Å². The van der Waals surface area contributed by atoms with Crippen molar-refractivity contribution >= 4 is 24.1 Å². The van der Waals surface area contributed by atoms with E-state index in [0.717, 1.165) is 16.7 Å². The number of carbonyl (C=O) groups is 4. The average Bonchev–Trinajstić information content (AvgIpc) is 2.95. The number of hydrogen-bond donors (Lipinski definition) is 3. The molecular formula is C29H31N3O7. The first kappa shape index (κ1) is 28.7. The zero-order chi connectivity index (χ0) is 28.1. The minimum atomic E-state index is -2.05. The van der Waals surface area contributed by atoms with Crippen LogP contribution in [0, 0.1) is 0 Å². The van der Waals surface area contributed by atoms with Crippen molar-refractivity contribution in [1.82, 2.24) is 16.0 Å². The van der Waals surface area contributed by atoms with Crippen molar-refractivity contribution in [3.05, 3.63) is 108 Å². The summed E-state index contributed by atoms with van der Waals surface area (Å²) in [6.07, 6.45) is -1.83. The van der Waals surface area contributed by atoms with E-state index in [2.05, 4.69) is 16.0 Å². The Hall–Kier alpha value is -4.86. The standard InChI is InChI=1S/C29H31N3O7/c1-29(31-27(35)38-19-22-14-8-4-9-15-22,32-28(36)39-20-23-16-10-5-11-17-23)26(34)30-24(25(33)37-2)18-21-12-6-3-7-13-21/h3-17,24H,18-20H2,1-2H3,(H,30,34)(H,31,35)(H,32,36)/t24-/m0/s1. The molecule has 10 nitrogen and oxygen atoms in total. The van der Waals surface area contributed by atoms with Crippen LogP contribution >= 0.6 is 0 Å². The van der Waals surface area contributed by atoms with Gasteiger partial charge < -0.3 is 19.5 Å². The summed E-state index contributed by atoms with van der Waals surface area (Å²) in [6, 6.07) is 25.8. The maximum absolute atomic E-state index is 13.4. The number of methoxy groups -OCH3 is 1. The molecule has 0 radical (unpaired) electrons. The van der Waals surface area contributed by atoms with Crippen molar-refractivity contribution in [1.29, 1.82) is 0 Å². The first-order valence-electron chi connectivity index (χ1n) is 12.2. The van der Waals surface area contributed by atoms with Crippen LogP contribution in [0.2, 0.25) is 0 Å². The van der Waals surface area contributed by atoms with Gasteiger partial charge in [0.25, 0.3) is 5.91 Å². The molecule has 3 N–H and O–H groups in total. The Morgan fingerprint density at radius 2 is 1.10 bits per heavy atom. The molecule has 3 rings (SSSR count). The molecule has 0 heterocycles. The SMILES string of the molecule is COC(=O)[C@H](Cc1ccccc1)NC(=O)C(C)(NC(=O)OCc1ccccc1)NC(=O)OCc1ccccc1. The van der Waals surface area contributed by atoms with Crippen LogP contribution in [0.15, 0.2) is 91.0 Å². The van der Waals surface area contributed by atoms with Gasteiger partial charge in [-0.15, -0.1) is 0 Å². The number of amides is 3. The summed E-state index contributed by atoms with van der Waals surface area (Å²) >= 11 is 0. The van der Waals surface area contributed by atoms with E-state index in [9.17, 15) is 19.2 Å². The minimum Gasteiger partial charge on any atom is -0.467 e. The Morgan fingerprint density at radius 3 is 1.51 bits per heavy atom. The van der Waals surface area contributed by atoms with Crippen LogP contribution < -0.4 is 16.0 Å². The number of ether oxygens (including phenoxy) is 3. The molecule has 0 unspecified atom stereocenters. The van der Waals surface area contributed by atoms with Gasteiger partial charge in [-0.3, -0.25) is 15.4 Å². The molecular weight excluding hydrogens is 502 g/mol. The lowest BCUT2D eigenvalue weighted by molar-refractivity contribution is -0.146. The van der Waals surface area contributed by atoms with E-state index in [0.29, 0.717) is 0 Å². The number of nitrogens with one attached hydrogen (secondary N) is 3. The van der Waals surface area contributed by atoms with Crippen LogP contribution in [0.1, 0.15) is 23.6 Å². The lowest BCUT2D eigenvalue weighted by Crippen LogP contribution is -2.68. The van der Waals surface area contributed by atoms with Gasteiger partial charge in [0, 0.05) is 6.42 Å². The van der Waals surface area contributed by atoms with E-state index in [1.807, 2.05) is 18.2 Å². The number of rotatable bonds is 11. The molecule has 0 aliphatic carbocycles. The highest BCUT2D eigenvalue weighted by atomic mass is 16.6. The molecule has 0 aromatic heterocycles. The van der Waals surface area contributed by atoms with Crippen molar-refractivity contribution in [2.45, 2.75) is 38.3 Å². The van der Waals surface area contributed by atoms with Gasteiger partial charge in [-0.2, -0.15) is 0 Å². The van der Waals surface area contributed by atoms with Crippen molar-refractivity contribution < 1.29 is 33.4 Å². The van der Waals surface area contributed by atoms with Crippen LogP contribution in [0.5, 0.6) is 0 Å². The number of benzene rings is 3. The number of esters is 1. The van der Waals surface area contributed by atoms with Crippen LogP contribution in [-0.4, -0.2) is 42.9 Å². The molecule has 10 heteroatoms. The van der Waals surface area contributed by atoms with Gasteiger partial charge in [0.05, 0.1) is 7.11 Å². The van der Waals surface area contributed by atoms with Crippen LogP contribution in [-0.2, 0) is 43.4 Å². The lowest BCUT2D eigenvalue weighted by atomic mass is 10.0. The summed E-state index contributed by atoms with van der Waals surface area (Å²) < 4.78 is 15.3. The predicted octanol–water partition coefficient (Wildman–Crippen LogP) is 3.46. The van der Waals surface area contributed by atoms with Gasteiger partial charge >= 0.3 is 18.2 Å². The van der Waals surface area contributed by atoms with Crippen LogP contribution in [0.4, 0.5) is 9.59 Å². The second-order valence-electron chi connectivity index (χ2n) is 8.74. The summed E-state index contributed by atoms with van der Waals surface area (Å²) in [5, 5.41) is 7.32. The molecule has 0 bridgehead atoms. The fraction of sp³-hybridized carbons (Fsp3) is 0.241. The van der Waals surface area contributed by atoms with E-state index in [1.165, 1.54) is 14.0 Å². The first-order valence-corrected chi connectivity index (χ1v) is 12.2. The monoisotopic (exact) mass is 533 g/mol. The zero-order valence-electron chi connectivity index (χ0n) is 21.7. The molecule has 0 aliphatic heterocycles. The molecule has 1 atom stereocenters. The smallest absolute Gasteiger partial charge is 0.409 e.